The summed E-state index contributed by atoms with van der Waals surface area (Å²) in [6.07, 6.45) is 4.40. The molecule has 20 heavy (non-hydrogen) atoms. The molecule has 0 bridgehead atoms. The summed E-state index contributed by atoms with van der Waals surface area (Å²) in [5, 5.41) is 3.41. The molecule has 1 atom stereocenters. The van der Waals surface area contributed by atoms with E-state index in [4.69, 9.17) is 0 Å². The van der Waals surface area contributed by atoms with Gasteiger partial charge in [-0.1, -0.05) is 6.42 Å². The van der Waals surface area contributed by atoms with Crippen molar-refractivity contribution in [2.75, 3.05) is 20.1 Å². The van der Waals surface area contributed by atoms with Crippen molar-refractivity contribution in [2.45, 2.75) is 31.7 Å². The summed E-state index contributed by atoms with van der Waals surface area (Å²) in [5.74, 6) is -1.80. The molecule has 1 aliphatic rings. The number of halogens is 2. The molecule has 0 spiro atoms. The molecule has 0 radical (unpaired) electrons. The highest BCUT2D eigenvalue weighted by Gasteiger charge is 2.17. The monoisotopic (exact) mass is 282 g/mol. The predicted molar refractivity (Wildman–Crippen MR) is 73.6 cm³/mol. The van der Waals surface area contributed by atoms with Crippen LogP contribution in [0.5, 0.6) is 0 Å². The fourth-order valence-corrected chi connectivity index (χ4v) is 2.52. The van der Waals surface area contributed by atoms with E-state index < -0.39 is 11.6 Å². The second-order valence-electron chi connectivity index (χ2n) is 5.32. The normalized spacial score (nSPS) is 18.9. The third-order valence-corrected chi connectivity index (χ3v) is 3.68. The molecular formula is C15H20F2N2O. The number of nitrogens with zero attached hydrogens (tertiary/aromatic N) is 1. The van der Waals surface area contributed by atoms with Crippen LogP contribution in [-0.4, -0.2) is 37.0 Å². The van der Waals surface area contributed by atoms with Crippen molar-refractivity contribution >= 4 is 5.91 Å². The molecule has 1 saturated heterocycles. The van der Waals surface area contributed by atoms with E-state index >= 15 is 0 Å². The number of carbonyl (C=O) groups is 1. The van der Waals surface area contributed by atoms with Crippen molar-refractivity contribution in [2.24, 2.45) is 0 Å². The second-order valence-corrected chi connectivity index (χ2v) is 5.32. The van der Waals surface area contributed by atoms with E-state index in [-0.39, 0.29) is 11.5 Å². The Balaban J connectivity index is 1.90. The highest BCUT2D eigenvalue weighted by Crippen LogP contribution is 2.13. The maximum Gasteiger partial charge on any atom is 0.253 e. The van der Waals surface area contributed by atoms with Gasteiger partial charge in [-0.3, -0.25) is 4.79 Å². The Labute approximate surface area is 118 Å². The number of rotatable bonds is 4. The molecule has 2 rings (SSSR count). The number of piperidine rings is 1. The molecule has 1 N–H and O–H groups in total. The van der Waals surface area contributed by atoms with Crippen LogP contribution >= 0.6 is 0 Å². The Morgan fingerprint density at radius 1 is 1.30 bits per heavy atom. The zero-order chi connectivity index (χ0) is 14.5. The average Bonchev–Trinajstić information content (AvgIpc) is 2.44. The Morgan fingerprint density at radius 2 is 2.00 bits per heavy atom. The average molecular weight is 282 g/mol. The zero-order valence-corrected chi connectivity index (χ0v) is 11.7. The van der Waals surface area contributed by atoms with Crippen LogP contribution in [0.4, 0.5) is 8.78 Å². The Hall–Kier alpha value is -1.49. The first-order chi connectivity index (χ1) is 9.56. The number of benzene rings is 1. The van der Waals surface area contributed by atoms with Crippen molar-refractivity contribution < 1.29 is 13.6 Å². The SMILES string of the molecule is CN(CCC1CCCCN1)C(=O)c1cc(F)cc(F)c1. The van der Waals surface area contributed by atoms with E-state index in [1.54, 1.807) is 7.05 Å². The number of hydrogen-bond acceptors (Lipinski definition) is 2. The van der Waals surface area contributed by atoms with Gasteiger partial charge in [0.2, 0.25) is 0 Å². The van der Waals surface area contributed by atoms with Gasteiger partial charge in [0.15, 0.2) is 0 Å². The van der Waals surface area contributed by atoms with Gasteiger partial charge in [-0.25, -0.2) is 8.78 Å². The topological polar surface area (TPSA) is 32.3 Å². The highest BCUT2D eigenvalue weighted by molar-refractivity contribution is 5.94. The first-order valence-electron chi connectivity index (χ1n) is 7.01. The Kier molecular flexibility index (Phi) is 5.06. The standard InChI is InChI=1S/C15H20F2N2O/c1-19(7-5-14-4-2-3-6-18-14)15(20)11-8-12(16)10-13(17)9-11/h8-10,14,18H,2-7H2,1H3. The van der Waals surface area contributed by atoms with Crippen LogP contribution in [0, 0.1) is 11.6 Å². The second kappa shape index (κ2) is 6.79. The van der Waals surface area contributed by atoms with E-state index in [1.807, 2.05) is 0 Å². The molecular weight excluding hydrogens is 262 g/mol. The molecule has 0 aromatic heterocycles. The summed E-state index contributed by atoms with van der Waals surface area (Å²) >= 11 is 0. The number of carbonyl (C=O) groups excluding carboxylic acids is 1. The van der Waals surface area contributed by atoms with Gasteiger partial charge in [-0.15, -0.1) is 0 Å². The summed E-state index contributed by atoms with van der Waals surface area (Å²) in [4.78, 5) is 13.6. The fraction of sp³-hybridized carbons (Fsp3) is 0.533. The lowest BCUT2D eigenvalue weighted by molar-refractivity contribution is 0.0787. The number of nitrogens with one attached hydrogen (secondary N) is 1. The summed E-state index contributed by atoms with van der Waals surface area (Å²) in [6, 6.07) is 3.34. The number of amides is 1. The van der Waals surface area contributed by atoms with Gasteiger partial charge < -0.3 is 10.2 Å². The molecule has 1 fully saturated rings. The lowest BCUT2D eigenvalue weighted by Gasteiger charge is -2.26. The van der Waals surface area contributed by atoms with Gasteiger partial charge in [-0.05, 0) is 37.9 Å². The Bertz CT molecular complexity index is 453. The van der Waals surface area contributed by atoms with E-state index in [9.17, 15) is 13.6 Å². The van der Waals surface area contributed by atoms with Crippen LogP contribution in [0.3, 0.4) is 0 Å². The lowest BCUT2D eigenvalue weighted by Crippen LogP contribution is -2.38. The molecule has 5 heteroatoms. The van der Waals surface area contributed by atoms with Gasteiger partial charge in [-0.2, -0.15) is 0 Å². The summed E-state index contributed by atoms with van der Waals surface area (Å²) in [5.41, 5.74) is 0.0570. The fourth-order valence-electron chi connectivity index (χ4n) is 2.52. The molecule has 1 aliphatic heterocycles. The van der Waals surface area contributed by atoms with Crippen molar-refractivity contribution in [3.63, 3.8) is 0 Å². The smallest absolute Gasteiger partial charge is 0.253 e. The quantitative estimate of drug-likeness (QED) is 0.920. The first-order valence-corrected chi connectivity index (χ1v) is 7.01. The van der Waals surface area contributed by atoms with Crippen molar-refractivity contribution in [1.29, 1.82) is 0 Å². The molecule has 110 valence electrons. The Morgan fingerprint density at radius 3 is 2.60 bits per heavy atom. The molecule has 0 aliphatic carbocycles. The number of hydrogen-bond donors (Lipinski definition) is 1. The minimum absolute atomic E-state index is 0.0570. The van der Waals surface area contributed by atoms with Gasteiger partial charge in [0.25, 0.3) is 5.91 Å². The van der Waals surface area contributed by atoms with Gasteiger partial charge in [0, 0.05) is 31.3 Å². The van der Waals surface area contributed by atoms with Gasteiger partial charge >= 0.3 is 0 Å². The van der Waals surface area contributed by atoms with Crippen molar-refractivity contribution in [3.8, 4) is 0 Å². The highest BCUT2D eigenvalue weighted by atomic mass is 19.1. The summed E-state index contributed by atoms with van der Waals surface area (Å²) in [7, 11) is 1.66. The van der Waals surface area contributed by atoms with Crippen LogP contribution in [0.25, 0.3) is 0 Å². The first kappa shape index (κ1) is 14.9. The van der Waals surface area contributed by atoms with E-state index in [2.05, 4.69) is 5.32 Å². The molecule has 1 heterocycles. The van der Waals surface area contributed by atoms with Crippen molar-refractivity contribution in [1.82, 2.24) is 10.2 Å². The van der Waals surface area contributed by atoms with E-state index in [0.29, 0.717) is 12.6 Å². The third-order valence-electron chi connectivity index (χ3n) is 3.68. The molecule has 1 aromatic rings. The maximum atomic E-state index is 13.1. The minimum Gasteiger partial charge on any atom is -0.342 e. The van der Waals surface area contributed by atoms with Crippen LogP contribution in [0.1, 0.15) is 36.0 Å². The van der Waals surface area contributed by atoms with Crippen molar-refractivity contribution in [3.05, 3.63) is 35.4 Å². The van der Waals surface area contributed by atoms with Crippen LogP contribution in [0.2, 0.25) is 0 Å². The largest absolute Gasteiger partial charge is 0.342 e. The summed E-state index contributed by atoms with van der Waals surface area (Å²) in [6.45, 7) is 1.60. The zero-order valence-electron chi connectivity index (χ0n) is 11.7. The van der Waals surface area contributed by atoms with Gasteiger partial charge in [0.05, 0.1) is 0 Å². The van der Waals surface area contributed by atoms with Gasteiger partial charge in [0.1, 0.15) is 11.6 Å². The molecule has 1 unspecified atom stereocenters. The minimum atomic E-state index is -0.726. The van der Waals surface area contributed by atoms with E-state index in [1.165, 1.54) is 17.7 Å². The lowest BCUT2D eigenvalue weighted by atomic mass is 10.0. The third kappa shape index (κ3) is 4.00. The predicted octanol–water partition coefficient (Wildman–Crippen LogP) is 2.57. The van der Waals surface area contributed by atoms with Crippen LogP contribution in [-0.2, 0) is 0 Å². The molecule has 3 nitrogen and oxygen atoms in total. The van der Waals surface area contributed by atoms with E-state index in [0.717, 1.165) is 37.6 Å². The summed E-state index contributed by atoms with van der Waals surface area (Å²) < 4.78 is 26.2. The van der Waals surface area contributed by atoms with Crippen LogP contribution < -0.4 is 5.32 Å². The maximum absolute atomic E-state index is 13.1. The molecule has 1 amide bonds. The molecule has 0 saturated carbocycles. The van der Waals surface area contributed by atoms with Crippen LogP contribution in [0.15, 0.2) is 18.2 Å². The molecule has 1 aromatic carbocycles.